The maximum absolute atomic E-state index is 12.2. The number of benzene rings is 1. The number of aliphatic carboxylic acids is 1. The summed E-state index contributed by atoms with van der Waals surface area (Å²) in [5.74, 6) is -0.896. The second kappa shape index (κ2) is 6.55. The van der Waals surface area contributed by atoms with E-state index in [-0.39, 0.29) is 11.3 Å². The number of carboxylic acid groups (broad SMARTS) is 1. The average molecular weight is 315 g/mol. The van der Waals surface area contributed by atoms with Crippen molar-refractivity contribution in [3.63, 3.8) is 0 Å². The topological polar surface area (TPSA) is 104 Å². The van der Waals surface area contributed by atoms with Crippen molar-refractivity contribution in [1.29, 1.82) is 0 Å². The SMILES string of the molecule is CC(O)C(C)(C)NS(=O)(=O)c1ccc(CCC(=O)O)cc1. The van der Waals surface area contributed by atoms with Gasteiger partial charge in [0.1, 0.15) is 0 Å². The molecule has 0 aliphatic heterocycles. The lowest BCUT2D eigenvalue weighted by Crippen LogP contribution is -2.50. The summed E-state index contributed by atoms with van der Waals surface area (Å²) in [7, 11) is -3.74. The molecule has 0 aliphatic rings. The van der Waals surface area contributed by atoms with Gasteiger partial charge in [-0.1, -0.05) is 12.1 Å². The molecule has 1 atom stereocenters. The molecule has 118 valence electrons. The Bertz CT molecular complexity index is 590. The molecule has 1 rings (SSSR count). The maximum atomic E-state index is 12.2. The van der Waals surface area contributed by atoms with Crippen LogP contribution in [-0.4, -0.2) is 36.2 Å². The fourth-order valence-corrected chi connectivity index (χ4v) is 3.05. The van der Waals surface area contributed by atoms with E-state index in [9.17, 15) is 18.3 Å². The number of nitrogens with one attached hydrogen (secondary N) is 1. The van der Waals surface area contributed by atoms with Crippen LogP contribution in [0, 0.1) is 0 Å². The summed E-state index contributed by atoms with van der Waals surface area (Å²) in [6.45, 7) is 4.70. The van der Waals surface area contributed by atoms with Gasteiger partial charge in [-0.25, -0.2) is 13.1 Å². The van der Waals surface area contributed by atoms with Gasteiger partial charge in [-0.15, -0.1) is 0 Å². The summed E-state index contributed by atoms with van der Waals surface area (Å²) in [4.78, 5) is 10.6. The Hall–Kier alpha value is -1.44. The molecule has 0 radical (unpaired) electrons. The van der Waals surface area contributed by atoms with E-state index in [4.69, 9.17) is 5.11 Å². The third-order valence-corrected chi connectivity index (χ3v) is 4.99. The molecule has 7 heteroatoms. The van der Waals surface area contributed by atoms with Gasteiger partial charge in [-0.2, -0.15) is 0 Å². The number of aliphatic hydroxyl groups excluding tert-OH is 1. The minimum absolute atomic E-state index is 0.000590. The van der Waals surface area contributed by atoms with Crippen LogP contribution in [0.25, 0.3) is 0 Å². The van der Waals surface area contributed by atoms with E-state index in [0.717, 1.165) is 5.56 Å². The highest BCUT2D eigenvalue weighted by Gasteiger charge is 2.30. The Morgan fingerprint density at radius 3 is 2.24 bits per heavy atom. The highest BCUT2D eigenvalue weighted by Crippen LogP contribution is 2.17. The first-order valence-electron chi connectivity index (χ1n) is 6.57. The van der Waals surface area contributed by atoms with Crippen LogP contribution in [0.15, 0.2) is 29.2 Å². The molecular weight excluding hydrogens is 294 g/mol. The molecule has 6 nitrogen and oxygen atoms in total. The van der Waals surface area contributed by atoms with E-state index >= 15 is 0 Å². The summed E-state index contributed by atoms with van der Waals surface area (Å²) in [5, 5.41) is 18.2. The van der Waals surface area contributed by atoms with Crippen molar-refractivity contribution in [2.75, 3.05) is 0 Å². The molecule has 0 aromatic heterocycles. The molecule has 0 aliphatic carbocycles. The zero-order valence-electron chi connectivity index (χ0n) is 12.3. The van der Waals surface area contributed by atoms with Gasteiger partial charge in [0, 0.05) is 6.42 Å². The van der Waals surface area contributed by atoms with Crippen LogP contribution in [0.1, 0.15) is 32.8 Å². The van der Waals surface area contributed by atoms with Crippen LogP contribution < -0.4 is 4.72 Å². The first-order chi connectivity index (χ1) is 9.54. The number of hydrogen-bond acceptors (Lipinski definition) is 4. The monoisotopic (exact) mass is 315 g/mol. The lowest BCUT2D eigenvalue weighted by Gasteiger charge is -2.28. The summed E-state index contributed by atoms with van der Waals surface area (Å²) < 4.78 is 26.9. The molecule has 1 unspecified atom stereocenters. The minimum Gasteiger partial charge on any atom is -0.481 e. The van der Waals surface area contributed by atoms with Crippen LogP contribution in [0.5, 0.6) is 0 Å². The Balaban J connectivity index is 2.88. The van der Waals surface area contributed by atoms with Crippen molar-refractivity contribution in [2.45, 2.75) is 50.2 Å². The average Bonchev–Trinajstić information content (AvgIpc) is 2.35. The van der Waals surface area contributed by atoms with Crippen LogP contribution >= 0.6 is 0 Å². The molecule has 0 heterocycles. The Morgan fingerprint density at radius 2 is 1.81 bits per heavy atom. The zero-order chi connectivity index (χ0) is 16.3. The van der Waals surface area contributed by atoms with Gasteiger partial charge in [0.05, 0.1) is 16.5 Å². The normalized spacial score (nSPS) is 13.9. The number of hydrogen-bond donors (Lipinski definition) is 3. The van der Waals surface area contributed by atoms with E-state index in [1.165, 1.54) is 19.1 Å². The van der Waals surface area contributed by atoms with Crippen molar-refractivity contribution >= 4 is 16.0 Å². The minimum atomic E-state index is -3.74. The summed E-state index contributed by atoms with van der Waals surface area (Å²) >= 11 is 0. The van der Waals surface area contributed by atoms with Crippen LogP contribution in [-0.2, 0) is 21.2 Å². The molecule has 1 aromatic rings. The van der Waals surface area contributed by atoms with Gasteiger partial charge in [-0.3, -0.25) is 4.79 Å². The van der Waals surface area contributed by atoms with Gasteiger partial charge in [0.2, 0.25) is 10.0 Å². The van der Waals surface area contributed by atoms with Crippen molar-refractivity contribution in [1.82, 2.24) is 4.72 Å². The maximum Gasteiger partial charge on any atom is 0.303 e. The van der Waals surface area contributed by atoms with E-state index in [0.29, 0.717) is 6.42 Å². The Kier molecular flexibility index (Phi) is 5.49. The van der Waals surface area contributed by atoms with Crippen molar-refractivity contribution < 1.29 is 23.4 Å². The molecule has 3 N–H and O–H groups in total. The molecule has 0 amide bonds. The van der Waals surface area contributed by atoms with Gasteiger partial charge >= 0.3 is 5.97 Å². The fourth-order valence-electron chi connectivity index (χ4n) is 1.58. The van der Waals surface area contributed by atoms with E-state index in [1.54, 1.807) is 26.0 Å². The third-order valence-electron chi connectivity index (χ3n) is 3.30. The predicted molar refractivity (Wildman–Crippen MR) is 78.5 cm³/mol. The third kappa shape index (κ3) is 5.11. The van der Waals surface area contributed by atoms with Gasteiger partial charge in [-0.05, 0) is 44.9 Å². The lowest BCUT2D eigenvalue weighted by molar-refractivity contribution is -0.136. The summed E-state index contributed by atoms with van der Waals surface area (Å²) in [5.41, 5.74) is -0.230. The molecule has 0 saturated heterocycles. The van der Waals surface area contributed by atoms with E-state index in [2.05, 4.69) is 4.72 Å². The van der Waals surface area contributed by atoms with Crippen molar-refractivity contribution in [3.05, 3.63) is 29.8 Å². The molecule has 1 aromatic carbocycles. The van der Waals surface area contributed by atoms with Gasteiger partial charge < -0.3 is 10.2 Å². The number of aryl methyl sites for hydroxylation is 1. The molecule has 0 fully saturated rings. The number of sulfonamides is 1. The molecule has 0 spiro atoms. The van der Waals surface area contributed by atoms with Crippen molar-refractivity contribution in [3.8, 4) is 0 Å². The number of carbonyl (C=O) groups is 1. The first kappa shape index (κ1) is 17.6. The molecule has 0 saturated carbocycles. The highest BCUT2D eigenvalue weighted by atomic mass is 32.2. The number of aliphatic hydroxyl groups is 1. The second-order valence-corrected chi connectivity index (χ2v) is 7.22. The smallest absolute Gasteiger partial charge is 0.303 e. The summed E-state index contributed by atoms with van der Waals surface area (Å²) in [6, 6.07) is 6.04. The van der Waals surface area contributed by atoms with E-state index in [1.807, 2.05) is 0 Å². The zero-order valence-corrected chi connectivity index (χ0v) is 13.1. The second-order valence-electron chi connectivity index (χ2n) is 5.54. The standard InChI is InChI=1S/C14H21NO5S/c1-10(16)14(2,3)15-21(19,20)12-7-4-11(5-8-12)6-9-13(17)18/h4-5,7-8,10,15-16H,6,9H2,1-3H3,(H,17,18). The Morgan fingerprint density at radius 1 is 1.29 bits per heavy atom. The van der Waals surface area contributed by atoms with Crippen LogP contribution in [0.2, 0.25) is 0 Å². The van der Waals surface area contributed by atoms with Gasteiger partial charge in [0.15, 0.2) is 0 Å². The Labute approximate surface area is 124 Å². The molecular formula is C14H21NO5S. The summed E-state index contributed by atoms with van der Waals surface area (Å²) in [6.07, 6.45) is -0.496. The van der Waals surface area contributed by atoms with E-state index < -0.39 is 27.6 Å². The van der Waals surface area contributed by atoms with Crippen molar-refractivity contribution in [2.24, 2.45) is 0 Å². The van der Waals surface area contributed by atoms with Crippen LogP contribution in [0.4, 0.5) is 0 Å². The largest absolute Gasteiger partial charge is 0.481 e. The highest BCUT2D eigenvalue weighted by molar-refractivity contribution is 7.89. The lowest BCUT2D eigenvalue weighted by atomic mass is 10.0. The van der Waals surface area contributed by atoms with Crippen LogP contribution in [0.3, 0.4) is 0 Å². The first-order valence-corrected chi connectivity index (χ1v) is 8.06. The van der Waals surface area contributed by atoms with Gasteiger partial charge in [0.25, 0.3) is 0 Å². The fraction of sp³-hybridized carbons (Fsp3) is 0.500. The quantitative estimate of drug-likeness (QED) is 0.700. The predicted octanol–water partition coefficient (Wildman–Crippen LogP) is 1.14. The molecule has 0 bridgehead atoms. The molecule has 21 heavy (non-hydrogen) atoms. The number of carboxylic acids is 1. The number of rotatable bonds is 7.